The number of aliphatic imine (C=N–C) groups is 1. The second kappa shape index (κ2) is 14.9. The van der Waals surface area contributed by atoms with E-state index in [-0.39, 0.29) is 37.5 Å². The van der Waals surface area contributed by atoms with Crippen LogP contribution in [-0.4, -0.2) is 77.1 Å². The van der Waals surface area contributed by atoms with Crippen molar-refractivity contribution in [3.8, 4) is 0 Å². The Bertz CT molecular complexity index is 715. The lowest BCUT2D eigenvalue weighted by molar-refractivity contribution is -0.141. The quantitative estimate of drug-likeness (QED) is 0.0483. The summed E-state index contributed by atoms with van der Waals surface area (Å²) in [7, 11) is 0. The molecule has 0 fully saturated rings. The molecule has 0 aromatic rings. The number of rotatable bonds is 15. The average molecular weight is 477 g/mol. The van der Waals surface area contributed by atoms with E-state index in [1.54, 1.807) is 0 Å². The van der Waals surface area contributed by atoms with Crippen LogP contribution in [0, 0.1) is 0 Å². The van der Waals surface area contributed by atoms with E-state index in [2.05, 4.69) is 33.6 Å². The predicted molar refractivity (Wildman–Crippen MR) is 119 cm³/mol. The minimum Gasteiger partial charge on any atom is -0.480 e. The zero-order valence-electron chi connectivity index (χ0n) is 17.7. The first-order valence-corrected chi connectivity index (χ1v) is 10.4. The van der Waals surface area contributed by atoms with Gasteiger partial charge < -0.3 is 44.0 Å². The van der Waals surface area contributed by atoms with E-state index >= 15 is 0 Å². The first-order valence-electron chi connectivity index (χ1n) is 9.73. The number of thiol groups is 1. The van der Waals surface area contributed by atoms with Gasteiger partial charge in [0.25, 0.3) is 0 Å². The molecule has 0 heterocycles. The Labute approximate surface area is 190 Å². The molecule has 0 radical (unpaired) electrons. The second-order valence-electron chi connectivity index (χ2n) is 6.93. The predicted octanol–water partition coefficient (Wildman–Crippen LogP) is -3.88. The molecule has 0 rings (SSSR count). The van der Waals surface area contributed by atoms with Crippen molar-refractivity contribution in [3.05, 3.63) is 0 Å². The van der Waals surface area contributed by atoms with Gasteiger partial charge in [0.1, 0.15) is 18.1 Å². The van der Waals surface area contributed by atoms with Crippen LogP contribution in [-0.2, 0) is 24.0 Å². The van der Waals surface area contributed by atoms with E-state index in [0.29, 0.717) is 6.42 Å². The van der Waals surface area contributed by atoms with Crippen molar-refractivity contribution in [2.75, 3.05) is 12.3 Å². The second-order valence-corrected chi connectivity index (χ2v) is 7.30. The maximum absolute atomic E-state index is 12.7. The van der Waals surface area contributed by atoms with Crippen LogP contribution in [0.4, 0.5) is 0 Å². The number of carbonyl (C=O) groups excluding carboxylic acids is 4. The van der Waals surface area contributed by atoms with Crippen molar-refractivity contribution >= 4 is 48.2 Å². The number of nitrogens with one attached hydrogen (secondary N) is 3. The summed E-state index contributed by atoms with van der Waals surface area (Å²) in [5.74, 6) is -4.32. The molecule has 32 heavy (non-hydrogen) atoms. The van der Waals surface area contributed by atoms with Crippen LogP contribution in [0.5, 0.6) is 0 Å². The first kappa shape index (κ1) is 28.9. The fourth-order valence-corrected chi connectivity index (χ4v) is 2.59. The van der Waals surface area contributed by atoms with Crippen molar-refractivity contribution in [2.24, 2.45) is 27.9 Å². The molecule has 0 saturated carbocycles. The van der Waals surface area contributed by atoms with Gasteiger partial charge in [-0.2, -0.15) is 12.6 Å². The fraction of sp³-hybridized carbons (Fsp3) is 0.647. The molecular formula is C17H32N8O6S. The van der Waals surface area contributed by atoms with Crippen molar-refractivity contribution in [2.45, 2.75) is 56.8 Å². The summed E-state index contributed by atoms with van der Waals surface area (Å²) in [4.78, 5) is 62.8. The summed E-state index contributed by atoms with van der Waals surface area (Å²) in [5.41, 5.74) is 21.3. The molecule has 182 valence electrons. The molecule has 0 aliphatic rings. The Morgan fingerprint density at radius 2 is 1.53 bits per heavy atom. The van der Waals surface area contributed by atoms with Gasteiger partial charge in [0, 0.05) is 18.7 Å². The number of nitrogens with zero attached hydrogens (tertiary/aromatic N) is 1. The molecule has 0 spiro atoms. The standard InChI is InChI=1S/C17H32N8O6S/c1-8(13(27)25-11(7-32)16(30)31)23-15(29)10(3-2-6-22-17(20)21)24-14(28)9(18)4-5-12(19)26/h8-11,32H,2-7,18H2,1H3,(H2,19,26)(H,23,29)(H,24,28)(H,25,27)(H,30,31)(H4,20,21,22). The maximum Gasteiger partial charge on any atom is 0.327 e. The van der Waals surface area contributed by atoms with E-state index in [1.165, 1.54) is 6.92 Å². The zero-order valence-corrected chi connectivity index (χ0v) is 18.6. The van der Waals surface area contributed by atoms with E-state index in [1.807, 2.05) is 0 Å². The fourth-order valence-electron chi connectivity index (χ4n) is 2.34. The van der Waals surface area contributed by atoms with Gasteiger partial charge in [-0.05, 0) is 26.2 Å². The van der Waals surface area contributed by atoms with Gasteiger partial charge in [-0.15, -0.1) is 0 Å². The average Bonchev–Trinajstić information content (AvgIpc) is 2.71. The van der Waals surface area contributed by atoms with Crippen LogP contribution in [0.3, 0.4) is 0 Å². The van der Waals surface area contributed by atoms with Crippen molar-refractivity contribution in [1.82, 2.24) is 16.0 Å². The Hall–Kier alpha value is -3.07. The van der Waals surface area contributed by atoms with Crippen LogP contribution in [0.1, 0.15) is 32.6 Å². The molecule has 4 atom stereocenters. The Morgan fingerprint density at radius 3 is 2.03 bits per heavy atom. The third-order valence-electron chi connectivity index (χ3n) is 4.17. The van der Waals surface area contributed by atoms with E-state index in [0.717, 1.165) is 0 Å². The van der Waals surface area contributed by atoms with Gasteiger partial charge in [-0.25, -0.2) is 4.79 Å². The highest BCUT2D eigenvalue weighted by atomic mass is 32.1. The lowest BCUT2D eigenvalue weighted by Crippen LogP contribution is -2.56. The highest BCUT2D eigenvalue weighted by molar-refractivity contribution is 7.80. The molecular weight excluding hydrogens is 444 g/mol. The van der Waals surface area contributed by atoms with Gasteiger partial charge in [0.2, 0.25) is 23.6 Å². The minimum atomic E-state index is -1.28. The Kier molecular flexibility index (Phi) is 13.4. The van der Waals surface area contributed by atoms with Crippen LogP contribution >= 0.6 is 12.6 Å². The molecule has 0 aliphatic heterocycles. The largest absolute Gasteiger partial charge is 0.480 e. The Morgan fingerprint density at radius 1 is 0.938 bits per heavy atom. The summed E-state index contributed by atoms with van der Waals surface area (Å²) in [6.07, 6.45) is 0.305. The molecule has 14 nitrogen and oxygen atoms in total. The first-order chi connectivity index (χ1) is 14.9. The summed E-state index contributed by atoms with van der Waals surface area (Å²) in [6.45, 7) is 1.54. The molecule has 15 heteroatoms. The maximum atomic E-state index is 12.7. The minimum absolute atomic E-state index is 0.0113. The number of carboxylic acids is 1. The summed E-state index contributed by atoms with van der Waals surface area (Å²) in [6, 6.07) is -4.51. The lowest BCUT2D eigenvalue weighted by atomic mass is 10.1. The van der Waals surface area contributed by atoms with Crippen LogP contribution in [0.2, 0.25) is 0 Å². The zero-order chi connectivity index (χ0) is 24.8. The monoisotopic (exact) mass is 476 g/mol. The Balaban J connectivity index is 5.12. The number of carbonyl (C=O) groups is 5. The van der Waals surface area contributed by atoms with E-state index in [4.69, 9.17) is 28.0 Å². The highest BCUT2D eigenvalue weighted by Gasteiger charge is 2.27. The number of nitrogens with two attached hydrogens (primary N) is 4. The summed E-state index contributed by atoms with van der Waals surface area (Å²) >= 11 is 3.85. The topological polar surface area (TPSA) is 258 Å². The van der Waals surface area contributed by atoms with Gasteiger partial charge in [-0.3, -0.25) is 24.2 Å². The third kappa shape index (κ3) is 11.9. The van der Waals surface area contributed by atoms with Gasteiger partial charge in [-0.1, -0.05) is 0 Å². The molecule has 4 amide bonds. The van der Waals surface area contributed by atoms with Gasteiger partial charge >= 0.3 is 5.97 Å². The lowest BCUT2D eigenvalue weighted by Gasteiger charge is -2.23. The van der Waals surface area contributed by atoms with Crippen LogP contribution in [0.25, 0.3) is 0 Å². The number of hydrogen-bond acceptors (Lipinski definition) is 8. The van der Waals surface area contributed by atoms with Gasteiger partial charge in [0.15, 0.2) is 5.96 Å². The third-order valence-corrected chi connectivity index (χ3v) is 4.53. The molecule has 0 bridgehead atoms. The summed E-state index contributed by atoms with van der Waals surface area (Å²) in [5, 5.41) is 16.1. The molecule has 0 aromatic heterocycles. The van der Waals surface area contributed by atoms with E-state index in [9.17, 15) is 24.0 Å². The van der Waals surface area contributed by atoms with Crippen molar-refractivity contribution < 1.29 is 29.1 Å². The SMILES string of the molecule is CC(NC(=O)C(CCCN=C(N)N)NC(=O)C(N)CCC(N)=O)C(=O)NC(CS)C(=O)O. The summed E-state index contributed by atoms with van der Waals surface area (Å²) < 4.78 is 0. The number of aliphatic carboxylic acids is 1. The molecule has 12 N–H and O–H groups in total. The normalized spacial score (nSPS) is 14.2. The van der Waals surface area contributed by atoms with Crippen LogP contribution < -0.4 is 38.9 Å². The smallest absolute Gasteiger partial charge is 0.327 e. The van der Waals surface area contributed by atoms with Crippen molar-refractivity contribution in [3.63, 3.8) is 0 Å². The van der Waals surface area contributed by atoms with E-state index < -0.39 is 53.8 Å². The van der Waals surface area contributed by atoms with Crippen molar-refractivity contribution in [1.29, 1.82) is 0 Å². The number of hydrogen-bond donors (Lipinski definition) is 9. The molecule has 0 saturated heterocycles. The number of carboxylic acid groups (broad SMARTS) is 1. The van der Waals surface area contributed by atoms with Gasteiger partial charge in [0.05, 0.1) is 6.04 Å². The van der Waals surface area contributed by atoms with Crippen LogP contribution in [0.15, 0.2) is 4.99 Å². The molecule has 0 aliphatic carbocycles. The molecule has 4 unspecified atom stereocenters. The highest BCUT2D eigenvalue weighted by Crippen LogP contribution is 2.03. The number of amides is 4. The number of primary amides is 1. The molecule has 0 aromatic carbocycles. The number of guanidine groups is 1.